The zero-order chi connectivity index (χ0) is 26.5. The summed E-state index contributed by atoms with van der Waals surface area (Å²) >= 11 is 0. The Morgan fingerprint density at radius 2 is 1.44 bits per heavy atom. The van der Waals surface area contributed by atoms with Gasteiger partial charge in [-0.3, -0.25) is 24.0 Å². The third-order valence-corrected chi connectivity index (χ3v) is 6.01. The van der Waals surface area contributed by atoms with E-state index in [1.165, 1.54) is 0 Å². The Morgan fingerprint density at radius 1 is 0.882 bits per heavy atom. The third-order valence-electron chi connectivity index (χ3n) is 6.01. The molecular weight excluding hydrogens is 456 g/mol. The molecule has 1 heterocycles. The summed E-state index contributed by atoms with van der Waals surface area (Å²) in [6.07, 6.45) is -5.26. The minimum absolute atomic E-state index is 0.160. The molecule has 0 aromatic rings. The van der Waals surface area contributed by atoms with Crippen LogP contribution in [0, 0.1) is 0 Å². The molecule has 0 bridgehead atoms. The summed E-state index contributed by atoms with van der Waals surface area (Å²) in [4.78, 5) is 60.8. The molecule has 6 atom stereocenters. The number of ether oxygens (including phenoxy) is 3. The van der Waals surface area contributed by atoms with Crippen LogP contribution in [0.5, 0.6) is 0 Å². The van der Waals surface area contributed by atoms with Gasteiger partial charge in [0, 0.05) is 13.0 Å². The Morgan fingerprint density at radius 3 is 1.88 bits per heavy atom. The normalized spacial score (nSPS) is 32.0. The fourth-order valence-electron chi connectivity index (χ4n) is 4.06. The van der Waals surface area contributed by atoms with Crippen LogP contribution in [-0.4, -0.2) is 98.0 Å². The smallest absolute Gasteiger partial charge is 0.305 e. The lowest BCUT2D eigenvalue weighted by molar-refractivity contribution is -0.372. The maximum Gasteiger partial charge on any atom is 0.305 e. The van der Waals surface area contributed by atoms with E-state index < -0.39 is 58.4 Å². The SMILES string of the molecule is CCOC(=O)CCCCCO[C@H]1O[C@H](C(O)C(C)=O)[C@](O)(C(C)=O)[C@@](O)(C(C)=O)[C@@]1(O)C(C)=O. The Labute approximate surface area is 197 Å². The van der Waals surface area contributed by atoms with Gasteiger partial charge >= 0.3 is 5.97 Å². The Bertz CT molecular complexity index is 810. The Balaban J connectivity index is 3.30. The van der Waals surface area contributed by atoms with Crippen molar-refractivity contribution in [1.29, 1.82) is 0 Å². The standard InChI is InChI=1S/C22H34O12/c1-6-32-16(27)10-8-7-9-11-33-19-21(30,14(4)25)22(31,15(5)26)20(29,13(3)24)18(34-19)17(28)12(2)23/h17-19,28-31H,6-11H2,1-5H3/t17?,18-,19+,20-,21-,22+/m1/s1. The van der Waals surface area contributed by atoms with Crippen molar-refractivity contribution in [3.8, 4) is 0 Å². The number of aliphatic hydroxyl groups excluding tert-OH is 1. The average Bonchev–Trinajstić information content (AvgIpc) is 2.74. The number of unbranched alkanes of at least 4 members (excludes halogenated alkanes) is 2. The molecule has 12 heteroatoms. The molecule has 0 radical (unpaired) electrons. The predicted molar refractivity (Wildman–Crippen MR) is 113 cm³/mol. The molecule has 0 aromatic carbocycles. The lowest BCUT2D eigenvalue weighted by Gasteiger charge is -2.57. The van der Waals surface area contributed by atoms with E-state index in [0.717, 1.165) is 27.7 Å². The van der Waals surface area contributed by atoms with Gasteiger partial charge in [-0.05, 0) is 47.5 Å². The number of aliphatic hydroxyl groups is 4. The quantitative estimate of drug-likeness (QED) is 0.177. The van der Waals surface area contributed by atoms with Gasteiger partial charge in [-0.1, -0.05) is 6.42 Å². The minimum Gasteiger partial charge on any atom is -0.466 e. The van der Waals surface area contributed by atoms with Crippen molar-refractivity contribution in [2.45, 2.75) is 95.6 Å². The first-order chi connectivity index (χ1) is 15.6. The van der Waals surface area contributed by atoms with Gasteiger partial charge in [-0.15, -0.1) is 0 Å². The van der Waals surface area contributed by atoms with E-state index in [0.29, 0.717) is 12.8 Å². The first kappa shape index (κ1) is 29.9. The first-order valence-corrected chi connectivity index (χ1v) is 10.9. The van der Waals surface area contributed by atoms with E-state index in [-0.39, 0.29) is 32.0 Å². The van der Waals surface area contributed by atoms with Crippen LogP contribution in [0.3, 0.4) is 0 Å². The molecule has 194 valence electrons. The summed E-state index contributed by atoms with van der Waals surface area (Å²) in [7, 11) is 0. The maximum atomic E-state index is 12.6. The van der Waals surface area contributed by atoms with Gasteiger partial charge in [0.15, 0.2) is 35.0 Å². The summed E-state index contributed by atoms with van der Waals surface area (Å²) in [5, 5.41) is 44.1. The van der Waals surface area contributed by atoms with E-state index in [9.17, 15) is 44.4 Å². The maximum absolute atomic E-state index is 12.6. The first-order valence-electron chi connectivity index (χ1n) is 10.9. The van der Waals surface area contributed by atoms with Gasteiger partial charge < -0.3 is 34.6 Å². The molecule has 1 unspecified atom stereocenters. The zero-order valence-electron chi connectivity index (χ0n) is 20.0. The second-order valence-electron chi connectivity index (χ2n) is 8.34. The van der Waals surface area contributed by atoms with E-state index in [1.807, 2.05) is 0 Å². The van der Waals surface area contributed by atoms with Crippen molar-refractivity contribution in [3.05, 3.63) is 0 Å². The highest BCUT2D eigenvalue weighted by atomic mass is 16.7. The molecule has 0 aromatic heterocycles. The summed E-state index contributed by atoms with van der Waals surface area (Å²) < 4.78 is 15.6. The minimum atomic E-state index is -3.52. The van der Waals surface area contributed by atoms with Gasteiger partial charge in [-0.25, -0.2) is 0 Å². The van der Waals surface area contributed by atoms with Gasteiger partial charge in [0.05, 0.1) is 6.61 Å². The van der Waals surface area contributed by atoms with Crippen LogP contribution in [-0.2, 0) is 38.2 Å². The van der Waals surface area contributed by atoms with Gasteiger partial charge in [0.1, 0.15) is 12.2 Å². The highest BCUT2D eigenvalue weighted by Crippen LogP contribution is 2.47. The molecule has 12 nitrogen and oxygen atoms in total. The number of hydrogen-bond acceptors (Lipinski definition) is 12. The van der Waals surface area contributed by atoms with Crippen molar-refractivity contribution in [2.24, 2.45) is 0 Å². The number of carbonyl (C=O) groups excluding carboxylic acids is 5. The number of Topliss-reactive ketones (excluding diaryl/α,β-unsaturated/α-hetero) is 4. The largest absolute Gasteiger partial charge is 0.466 e. The molecule has 0 spiro atoms. The highest BCUT2D eigenvalue weighted by molar-refractivity contribution is 6.05. The predicted octanol–water partition coefficient (Wildman–Crippen LogP) is -1.24. The molecule has 1 fully saturated rings. The van der Waals surface area contributed by atoms with E-state index >= 15 is 0 Å². The second kappa shape index (κ2) is 11.6. The van der Waals surface area contributed by atoms with Gasteiger partial charge in [0.25, 0.3) is 0 Å². The van der Waals surface area contributed by atoms with E-state index in [4.69, 9.17) is 14.2 Å². The summed E-state index contributed by atoms with van der Waals surface area (Å²) in [5.74, 6) is -5.36. The molecule has 34 heavy (non-hydrogen) atoms. The molecule has 0 aliphatic carbocycles. The highest BCUT2D eigenvalue weighted by Gasteiger charge is 2.79. The van der Waals surface area contributed by atoms with Crippen molar-refractivity contribution in [2.75, 3.05) is 13.2 Å². The molecule has 0 amide bonds. The lowest BCUT2D eigenvalue weighted by Crippen LogP contribution is -2.87. The Kier molecular flexibility index (Phi) is 10.2. The van der Waals surface area contributed by atoms with Crippen LogP contribution in [0.15, 0.2) is 0 Å². The fraction of sp³-hybridized carbons (Fsp3) is 0.773. The topological polar surface area (TPSA) is 194 Å². The monoisotopic (exact) mass is 490 g/mol. The molecule has 1 saturated heterocycles. The van der Waals surface area contributed by atoms with Crippen molar-refractivity contribution < 1.29 is 58.6 Å². The molecule has 4 N–H and O–H groups in total. The van der Waals surface area contributed by atoms with Crippen LogP contribution in [0.2, 0.25) is 0 Å². The van der Waals surface area contributed by atoms with Crippen LogP contribution >= 0.6 is 0 Å². The Hall–Kier alpha value is -2.09. The second-order valence-corrected chi connectivity index (χ2v) is 8.34. The van der Waals surface area contributed by atoms with E-state index in [1.54, 1.807) is 6.92 Å². The van der Waals surface area contributed by atoms with Crippen molar-refractivity contribution >= 4 is 29.1 Å². The van der Waals surface area contributed by atoms with Crippen LogP contribution in [0.4, 0.5) is 0 Å². The zero-order valence-corrected chi connectivity index (χ0v) is 20.0. The number of rotatable bonds is 13. The summed E-state index contributed by atoms with van der Waals surface area (Å²) in [6.45, 7) is 4.88. The van der Waals surface area contributed by atoms with Crippen LogP contribution in [0.1, 0.15) is 60.3 Å². The lowest BCUT2D eigenvalue weighted by atomic mass is 9.60. The third kappa shape index (κ3) is 5.11. The van der Waals surface area contributed by atoms with Gasteiger partial charge in [-0.2, -0.15) is 0 Å². The average molecular weight is 491 g/mol. The van der Waals surface area contributed by atoms with Gasteiger partial charge in [0.2, 0.25) is 11.2 Å². The van der Waals surface area contributed by atoms with Crippen LogP contribution < -0.4 is 0 Å². The van der Waals surface area contributed by atoms with Crippen molar-refractivity contribution in [1.82, 2.24) is 0 Å². The molecule has 1 aliphatic heterocycles. The summed E-state index contributed by atoms with van der Waals surface area (Å²) in [5.41, 5.74) is -10.2. The molecule has 0 saturated carbocycles. The fourth-order valence-corrected chi connectivity index (χ4v) is 4.06. The number of carbonyl (C=O) groups is 5. The number of hydrogen-bond donors (Lipinski definition) is 4. The van der Waals surface area contributed by atoms with E-state index in [2.05, 4.69) is 0 Å². The number of ketones is 4. The van der Waals surface area contributed by atoms with Crippen molar-refractivity contribution in [3.63, 3.8) is 0 Å². The molecular formula is C22H34O12. The van der Waals surface area contributed by atoms with Crippen LogP contribution in [0.25, 0.3) is 0 Å². The molecule has 1 rings (SSSR count). The molecule has 1 aliphatic rings. The number of esters is 1. The summed E-state index contributed by atoms with van der Waals surface area (Å²) in [6, 6.07) is 0.